The van der Waals surface area contributed by atoms with Crippen LogP contribution in [0.5, 0.6) is 0 Å². The minimum absolute atomic E-state index is 0.0889. The number of nitro benzene ring substituents is 1. The third kappa shape index (κ3) is 5.39. The third-order valence-corrected chi connectivity index (χ3v) is 5.06. The van der Waals surface area contributed by atoms with Crippen LogP contribution in [0.3, 0.4) is 0 Å². The Morgan fingerprint density at radius 2 is 2.08 bits per heavy atom. The Balaban J connectivity index is 2.11. The average Bonchev–Trinajstić information content (AvgIpc) is 2.95. The number of nitrogens with one attached hydrogen (secondary N) is 1. The van der Waals surface area contributed by atoms with Crippen molar-refractivity contribution in [1.82, 2.24) is 4.90 Å². The number of halogens is 1. The fourth-order valence-electron chi connectivity index (χ4n) is 2.47. The van der Waals surface area contributed by atoms with Gasteiger partial charge in [0.05, 0.1) is 15.8 Å². The lowest BCUT2D eigenvalue weighted by atomic mass is 10.1. The number of amides is 1. The Labute approximate surface area is 161 Å². The molecule has 0 aliphatic rings. The lowest BCUT2D eigenvalue weighted by molar-refractivity contribution is -0.384. The highest BCUT2D eigenvalue weighted by atomic mass is 35.5. The first kappa shape index (κ1) is 20.1. The van der Waals surface area contributed by atoms with E-state index in [2.05, 4.69) is 11.9 Å². The van der Waals surface area contributed by atoms with Crippen molar-refractivity contribution in [3.63, 3.8) is 0 Å². The molecule has 1 amide bonds. The number of hydrogen-bond acceptors (Lipinski definition) is 5. The Morgan fingerprint density at radius 3 is 2.65 bits per heavy atom. The summed E-state index contributed by atoms with van der Waals surface area (Å²) in [5.41, 5.74) is 1.78. The normalized spacial score (nSPS) is 10.8. The molecule has 26 heavy (non-hydrogen) atoms. The highest BCUT2D eigenvalue weighted by Gasteiger charge is 2.19. The van der Waals surface area contributed by atoms with Crippen LogP contribution in [-0.2, 0) is 11.3 Å². The molecule has 6 nitrogen and oxygen atoms in total. The first-order valence-corrected chi connectivity index (χ1v) is 9.12. The molecule has 8 heteroatoms. The van der Waals surface area contributed by atoms with Gasteiger partial charge in [-0.2, -0.15) is 0 Å². The zero-order valence-electron chi connectivity index (χ0n) is 14.6. The van der Waals surface area contributed by atoms with Crippen LogP contribution in [0.25, 0.3) is 0 Å². The molecule has 0 atom stereocenters. The molecular weight excluding hydrogens is 374 g/mol. The van der Waals surface area contributed by atoms with Crippen LogP contribution in [0.15, 0.2) is 36.9 Å². The summed E-state index contributed by atoms with van der Waals surface area (Å²) < 4.78 is 0.689. The molecule has 1 aromatic carbocycles. The molecule has 0 saturated heterocycles. The Hall–Kier alpha value is -2.22. The number of hydrogen-bond donors (Lipinski definition) is 1. The van der Waals surface area contributed by atoms with Crippen LogP contribution >= 0.6 is 22.9 Å². The molecule has 1 heterocycles. The maximum Gasteiger partial charge on any atom is 0.293 e. The fraction of sp³-hybridized carbons (Fsp3) is 0.278. The molecule has 0 aliphatic carbocycles. The van der Waals surface area contributed by atoms with Crippen LogP contribution in [0.1, 0.15) is 16.0 Å². The summed E-state index contributed by atoms with van der Waals surface area (Å²) in [6, 6.07) is 6.82. The number of benzene rings is 1. The van der Waals surface area contributed by atoms with Gasteiger partial charge >= 0.3 is 0 Å². The molecule has 0 saturated carbocycles. The van der Waals surface area contributed by atoms with E-state index in [-0.39, 0.29) is 23.8 Å². The van der Waals surface area contributed by atoms with E-state index in [1.54, 1.807) is 19.1 Å². The summed E-state index contributed by atoms with van der Waals surface area (Å²) >= 11 is 7.40. The number of carbonyl (C=O) groups is 1. The zero-order chi connectivity index (χ0) is 19.3. The molecule has 0 fully saturated rings. The second-order valence-corrected chi connectivity index (χ2v) is 7.72. The largest absolute Gasteiger partial charge is 0.319 e. The van der Waals surface area contributed by atoms with Crippen molar-refractivity contribution >= 4 is 40.2 Å². The first-order chi connectivity index (χ1) is 12.3. The van der Waals surface area contributed by atoms with Crippen molar-refractivity contribution in [2.45, 2.75) is 20.4 Å². The number of thiophene rings is 1. The van der Waals surface area contributed by atoms with Crippen LogP contribution < -0.4 is 5.32 Å². The second-order valence-electron chi connectivity index (χ2n) is 5.92. The van der Waals surface area contributed by atoms with Crippen LogP contribution in [0.2, 0.25) is 4.34 Å². The summed E-state index contributed by atoms with van der Waals surface area (Å²) in [5, 5.41) is 13.9. The lowest BCUT2D eigenvalue weighted by Crippen LogP contribution is -2.33. The van der Waals surface area contributed by atoms with E-state index in [9.17, 15) is 14.9 Å². The van der Waals surface area contributed by atoms with E-state index in [0.717, 1.165) is 16.0 Å². The molecule has 0 radical (unpaired) electrons. The summed E-state index contributed by atoms with van der Waals surface area (Å²) in [5.74, 6) is -0.319. The maximum absolute atomic E-state index is 12.4. The van der Waals surface area contributed by atoms with Gasteiger partial charge in [0, 0.05) is 24.0 Å². The Kier molecular flexibility index (Phi) is 6.90. The minimum atomic E-state index is -0.489. The van der Waals surface area contributed by atoms with Gasteiger partial charge in [-0.15, -0.1) is 17.9 Å². The summed E-state index contributed by atoms with van der Waals surface area (Å²) in [6.45, 7) is 8.50. The van der Waals surface area contributed by atoms with E-state index in [1.807, 2.05) is 24.0 Å². The zero-order valence-corrected chi connectivity index (χ0v) is 16.2. The van der Waals surface area contributed by atoms with E-state index in [1.165, 1.54) is 17.4 Å². The molecule has 0 unspecified atom stereocenters. The van der Waals surface area contributed by atoms with Crippen molar-refractivity contribution in [3.05, 3.63) is 67.4 Å². The van der Waals surface area contributed by atoms with Gasteiger partial charge in [-0.1, -0.05) is 17.7 Å². The van der Waals surface area contributed by atoms with Crippen LogP contribution in [0, 0.1) is 24.0 Å². The molecular formula is C18H20ClN3O3S. The van der Waals surface area contributed by atoms with Crippen LogP contribution in [0.4, 0.5) is 11.4 Å². The van der Waals surface area contributed by atoms with Gasteiger partial charge in [-0.05, 0) is 43.2 Å². The molecule has 0 bridgehead atoms. The standard InChI is InChI=1S/C18H20ClN3O3S/c1-4-7-21(10-14-5-6-17(19)26-14)11-18(23)20-15-8-12(2)13(3)9-16(15)22(24)25/h4-6,8-9H,1,7,10-11H2,2-3H3,(H,20,23). The van der Waals surface area contributed by atoms with Crippen LogP contribution in [-0.4, -0.2) is 28.8 Å². The molecule has 2 aromatic rings. The van der Waals surface area contributed by atoms with Crippen molar-refractivity contribution in [1.29, 1.82) is 0 Å². The van der Waals surface area contributed by atoms with Crippen molar-refractivity contribution in [2.24, 2.45) is 0 Å². The predicted octanol–water partition coefficient (Wildman–Crippen LogP) is 4.55. The van der Waals surface area contributed by atoms with E-state index in [0.29, 0.717) is 17.4 Å². The molecule has 1 aromatic heterocycles. The highest BCUT2D eigenvalue weighted by molar-refractivity contribution is 7.16. The van der Waals surface area contributed by atoms with Crippen molar-refractivity contribution in [2.75, 3.05) is 18.4 Å². The summed E-state index contributed by atoms with van der Waals surface area (Å²) in [6.07, 6.45) is 1.71. The fourth-order valence-corrected chi connectivity index (χ4v) is 3.60. The van der Waals surface area contributed by atoms with E-state index in [4.69, 9.17) is 11.6 Å². The SMILES string of the molecule is C=CCN(CC(=O)Nc1cc(C)c(C)cc1[N+](=O)[O-])Cc1ccc(Cl)s1. The topological polar surface area (TPSA) is 75.5 Å². The van der Waals surface area contributed by atoms with Gasteiger partial charge < -0.3 is 5.32 Å². The molecule has 0 aliphatic heterocycles. The van der Waals surface area contributed by atoms with Crippen molar-refractivity contribution < 1.29 is 9.72 Å². The Bertz CT molecular complexity index is 835. The van der Waals surface area contributed by atoms with Gasteiger partial charge in [0.2, 0.25) is 5.91 Å². The molecule has 1 N–H and O–H groups in total. The number of aryl methyl sites for hydroxylation is 2. The summed E-state index contributed by atoms with van der Waals surface area (Å²) in [4.78, 5) is 26.1. The van der Waals surface area contributed by atoms with Gasteiger partial charge in [-0.3, -0.25) is 19.8 Å². The average molecular weight is 394 g/mol. The van der Waals surface area contributed by atoms with Gasteiger partial charge in [0.25, 0.3) is 5.69 Å². The smallest absolute Gasteiger partial charge is 0.293 e. The van der Waals surface area contributed by atoms with E-state index >= 15 is 0 Å². The quantitative estimate of drug-likeness (QED) is 0.405. The minimum Gasteiger partial charge on any atom is -0.319 e. The maximum atomic E-state index is 12.4. The van der Waals surface area contributed by atoms with Gasteiger partial charge in [-0.25, -0.2) is 0 Å². The number of anilines is 1. The second kappa shape index (κ2) is 8.93. The molecule has 0 spiro atoms. The van der Waals surface area contributed by atoms with Crippen molar-refractivity contribution in [3.8, 4) is 0 Å². The predicted molar refractivity (Wildman–Crippen MR) is 106 cm³/mol. The monoisotopic (exact) mass is 393 g/mol. The highest BCUT2D eigenvalue weighted by Crippen LogP contribution is 2.28. The lowest BCUT2D eigenvalue weighted by Gasteiger charge is -2.19. The van der Waals surface area contributed by atoms with Gasteiger partial charge in [0.1, 0.15) is 5.69 Å². The summed E-state index contributed by atoms with van der Waals surface area (Å²) in [7, 11) is 0. The van der Waals surface area contributed by atoms with E-state index < -0.39 is 4.92 Å². The number of nitro groups is 1. The third-order valence-electron chi connectivity index (χ3n) is 3.85. The molecule has 2 rings (SSSR count). The number of nitrogens with zero attached hydrogens (tertiary/aromatic N) is 2. The Morgan fingerprint density at radius 1 is 1.38 bits per heavy atom. The number of carbonyl (C=O) groups excluding carboxylic acids is 1. The van der Waals surface area contributed by atoms with Gasteiger partial charge in [0.15, 0.2) is 0 Å². The first-order valence-electron chi connectivity index (χ1n) is 7.93. The molecule has 138 valence electrons. The number of rotatable bonds is 8.